The Morgan fingerprint density at radius 3 is 2.50 bits per heavy atom. The quantitative estimate of drug-likeness (QED) is 0.696. The van der Waals surface area contributed by atoms with Gasteiger partial charge in [-0.15, -0.1) is 11.6 Å². The number of hydrogen-bond acceptors (Lipinski definition) is 1. The molecule has 0 radical (unpaired) electrons. The Morgan fingerprint density at radius 2 is 1.93 bits per heavy atom. The van der Waals surface area contributed by atoms with Gasteiger partial charge in [-0.3, -0.25) is 0 Å². The summed E-state index contributed by atoms with van der Waals surface area (Å²) in [6, 6.07) is 0.660. The average molecular weight is 218 g/mol. The van der Waals surface area contributed by atoms with E-state index in [1.165, 1.54) is 38.6 Å². The Balaban J connectivity index is 2.26. The van der Waals surface area contributed by atoms with Crippen LogP contribution >= 0.6 is 11.6 Å². The second-order valence-electron chi connectivity index (χ2n) is 4.68. The Labute approximate surface area is 93.6 Å². The smallest absolute Gasteiger partial charge is 0.0254 e. The molecule has 84 valence electrons. The Bertz CT molecular complexity index is 149. The molecule has 2 heteroatoms. The minimum atomic E-state index is 0.660. The van der Waals surface area contributed by atoms with E-state index in [1.54, 1.807) is 0 Å². The van der Waals surface area contributed by atoms with Crippen molar-refractivity contribution in [2.75, 3.05) is 12.4 Å². The van der Waals surface area contributed by atoms with Crippen molar-refractivity contribution >= 4 is 11.6 Å². The maximum absolute atomic E-state index is 6.00. The summed E-state index contributed by atoms with van der Waals surface area (Å²) in [6.45, 7) is 5.67. The largest absolute Gasteiger partial charge is 0.314 e. The van der Waals surface area contributed by atoms with E-state index in [-0.39, 0.29) is 0 Å². The monoisotopic (exact) mass is 217 g/mol. The Kier molecular flexibility index (Phi) is 5.88. The third kappa shape index (κ3) is 3.78. The molecule has 1 fully saturated rings. The number of rotatable bonds is 5. The van der Waals surface area contributed by atoms with Crippen LogP contribution in [0.4, 0.5) is 0 Å². The lowest BCUT2D eigenvalue weighted by Crippen LogP contribution is -2.35. The van der Waals surface area contributed by atoms with E-state index < -0.39 is 0 Å². The van der Waals surface area contributed by atoms with Crippen molar-refractivity contribution in [3.63, 3.8) is 0 Å². The van der Waals surface area contributed by atoms with E-state index in [4.69, 9.17) is 11.6 Å². The molecule has 0 bridgehead atoms. The molecule has 3 unspecified atom stereocenters. The van der Waals surface area contributed by atoms with Gasteiger partial charge < -0.3 is 5.32 Å². The molecule has 0 aliphatic heterocycles. The van der Waals surface area contributed by atoms with Gasteiger partial charge in [0.05, 0.1) is 0 Å². The lowest BCUT2D eigenvalue weighted by atomic mass is 9.80. The van der Waals surface area contributed by atoms with Crippen LogP contribution in [0.2, 0.25) is 0 Å². The summed E-state index contributed by atoms with van der Waals surface area (Å²) in [5, 5.41) is 3.61. The first-order chi connectivity index (χ1) is 6.77. The van der Waals surface area contributed by atoms with Gasteiger partial charge >= 0.3 is 0 Å². The van der Waals surface area contributed by atoms with Crippen molar-refractivity contribution in [3.8, 4) is 0 Å². The van der Waals surface area contributed by atoms with Crippen LogP contribution in [0.5, 0.6) is 0 Å². The molecule has 1 N–H and O–H groups in total. The summed E-state index contributed by atoms with van der Waals surface area (Å²) in [5.74, 6) is 2.45. The fraction of sp³-hybridized carbons (Fsp3) is 1.00. The third-order valence-corrected chi connectivity index (χ3v) is 4.00. The van der Waals surface area contributed by atoms with Crippen LogP contribution in [-0.2, 0) is 0 Å². The summed E-state index contributed by atoms with van der Waals surface area (Å²) in [7, 11) is 0. The van der Waals surface area contributed by atoms with E-state index in [9.17, 15) is 0 Å². The molecule has 3 atom stereocenters. The predicted molar refractivity (Wildman–Crippen MR) is 63.9 cm³/mol. The lowest BCUT2D eigenvalue weighted by molar-refractivity contribution is 0.244. The van der Waals surface area contributed by atoms with Gasteiger partial charge in [0, 0.05) is 11.9 Å². The van der Waals surface area contributed by atoms with Crippen LogP contribution in [-0.4, -0.2) is 18.5 Å². The highest BCUT2D eigenvalue weighted by molar-refractivity contribution is 6.18. The van der Waals surface area contributed by atoms with Crippen molar-refractivity contribution in [3.05, 3.63) is 0 Å². The molecule has 1 rings (SSSR count). The summed E-state index contributed by atoms with van der Waals surface area (Å²) < 4.78 is 0. The summed E-state index contributed by atoms with van der Waals surface area (Å²) in [6.07, 6.45) is 6.73. The molecule has 1 aliphatic carbocycles. The van der Waals surface area contributed by atoms with Crippen LogP contribution in [0.1, 0.15) is 46.0 Å². The zero-order valence-electron chi connectivity index (χ0n) is 9.56. The van der Waals surface area contributed by atoms with Gasteiger partial charge in [0.25, 0.3) is 0 Å². The van der Waals surface area contributed by atoms with Gasteiger partial charge in [-0.1, -0.05) is 19.8 Å². The van der Waals surface area contributed by atoms with E-state index >= 15 is 0 Å². The molecular formula is C12H24ClN. The van der Waals surface area contributed by atoms with Crippen molar-refractivity contribution in [2.24, 2.45) is 11.8 Å². The molecule has 14 heavy (non-hydrogen) atoms. The zero-order chi connectivity index (χ0) is 10.4. The minimum absolute atomic E-state index is 0.660. The van der Waals surface area contributed by atoms with Crippen molar-refractivity contribution in [2.45, 2.75) is 52.0 Å². The van der Waals surface area contributed by atoms with E-state index in [2.05, 4.69) is 19.2 Å². The van der Waals surface area contributed by atoms with Gasteiger partial charge in [0.1, 0.15) is 0 Å². The number of alkyl halides is 1. The first kappa shape index (κ1) is 12.3. The van der Waals surface area contributed by atoms with Crippen LogP contribution < -0.4 is 5.32 Å². The number of halogens is 1. The minimum Gasteiger partial charge on any atom is -0.314 e. The van der Waals surface area contributed by atoms with E-state index in [0.29, 0.717) is 6.04 Å². The van der Waals surface area contributed by atoms with Crippen molar-refractivity contribution in [1.29, 1.82) is 0 Å². The lowest BCUT2D eigenvalue weighted by Gasteiger charge is -2.31. The van der Waals surface area contributed by atoms with Crippen molar-refractivity contribution < 1.29 is 0 Å². The second kappa shape index (κ2) is 6.68. The molecule has 0 aromatic rings. The Hall–Kier alpha value is 0.250. The molecule has 1 saturated carbocycles. The SMILES string of the molecule is CCC(C)NCC1CCCCC1CCl. The maximum Gasteiger partial charge on any atom is 0.0254 e. The van der Waals surface area contributed by atoms with Gasteiger partial charge in [-0.25, -0.2) is 0 Å². The molecule has 1 nitrogen and oxygen atoms in total. The van der Waals surface area contributed by atoms with Crippen LogP contribution in [0.25, 0.3) is 0 Å². The standard InChI is InChI=1S/C12H24ClN/c1-3-10(2)14-9-12-7-5-4-6-11(12)8-13/h10-12,14H,3-9H2,1-2H3. The maximum atomic E-state index is 6.00. The molecule has 0 heterocycles. The highest BCUT2D eigenvalue weighted by Gasteiger charge is 2.24. The van der Waals surface area contributed by atoms with Crippen LogP contribution in [0.3, 0.4) is 0 Å². The number of hydrogen-bond donors (Lipinski definition) is 1. The molecular weight excluding hydrogens is 194 g/mol. The fourth-order valence-corrected chi connectivity index (χ4v) is 2.66. The zero-order valence-corrected chi connectivity index (χ0v) is 10.3. The van der Waals surface area contributed by atoms with Gasteiger partial charge in [0.15, 0.2) is 0 Å². The first-order valence-corrected chi connectivity index (χ1v) is 6.60. The Morgan fingerprint density at radius 1 is 1.29 bits per heavy atom. The molecule has 0 saturated heterocycles. The second-order valence-corrected chi connectivity index (χ2v) is 4.99. The topological polar surface area (TPSA) is 12.0 Å². The molecule has 1 aliphatic rings. The normalized spacial score (nSPS) is 30.2. The average Bonchev–Trinajstić information content (AvgIpc) is 2.26. The highest BCUT2D eigenvalue weighted by Crippen LogP contribution is 2.30. The fourth-order valence-electron chi connectivity index (χ4n) is 2.25. The molecule has 0 aromatic carbocycles. The van der Waals surface area contributed by atoms with E-state index in [1.807, 2.05) is 0 Å². The number of nitrogens with one attached hydrogen (secondary N) is 1. The van der Waals surface area contributed by atoms with Gasteiger partial charge in [0.2, 0.25) is 0 Å². The third-order valence-electron chi connectivity index (χ3n) is 3.61. The molecule has 0 aromatic heterocycles. The van der Waals surface area contributed by atoms with Crippen molar-refractivity contribution in [1.82, 2.24) is 5.32 Å². The van der Waals surface area contributed by atoms with Crippen LogP contribution in [0.15, 0.2) is 0 Å². The molecule has 0 amide bonds. The summed E-state index contributed by atoms with van der Waals surface area (Å²) in [5.41, 5.74) is 0. The molecule has 0 spiro atoms. The van der Waals surface area contributed by atoms with Gasteiger partial charge in [-0.05, 0) is 44.6 Å². The summed E-state index contributed by atoms with van der Waals surface area (Å²) in [4.78, 5) is 0. The summed E-state index contributed by atoms with van der Waals surface area (Å²) >= 11 is 6.00. The first-order valence-electron chi connectivity index (χ1n) is 6.07. The van der Waals surface area contributed by atoms with Crippen LogP contribution in [0, 0.1) is 11.8 Å². The van der Waals surface area contributed by atoms with Gasteiger partial charge in [-0.2, -0.15) is 0 Å². The predicted octanol–water partition coefficient (Wildman–Crippen LogP) is 3.42. The highest BCUT2D eigenvalue weighted by atomic mass is 35.5. The van der Waals surface area contributed by atoms with E-state index in [0.717, 1.165) is 17.7 Å².